The second-order valence-corrected chi connectivity index (χ2v) is 4.05. The first-order valence-corrected chi connectivity index (χ1v) is 5.60. The smallest absolute Gasteiger partial charge is 0.147 e. The molecule has 0 spiro atoms. The van der Waals surface area contributed by atoms with Crippen molar-refractivity contribution in [3.8, 4) is 5.75 Å². The average molecular weight is 308 g/mol. The van der Waals surface area contributed by atoms with Crippen LogP contribution in [0.2, 0.25) is 0 Å². The quantitative estimate of drug-likeness (QED) is 0.872. The topological polar surface area (TPSA) is 37.3 Å². The fraction of sp³-hybridized carbons (Fsp3) is 0.222. The number of alkyl halides is 1. The van der Waals surface area contributed by atoms with Crippen LogP contribution < -0.4 is 0 Å². The number of halogens is 2. The number of rotatable bonds is 3. The lowest BCUT2D eigenvalue weighted by atomic mass is 10.1. The van der Waals surface area contributed by atoms with Gasteiger partial charge in [0, 0.05) is 6.42 Å². The van der Waals surface area contributed by atoms with Crippen molar-refractivity contribution in [3.63, 3.8) is 0 Å². The molecule has 0 saturated heterocycles. The van der Waals surface area contributed by atoms with E-state index in [9.17, 15) is 9.90 Å². The summed E-state index contributed by atoms with van der Waals surface area (Å²) in [6, 6.07) is 5.05. The molecule has 0 radical (unpaired) electrons. The normalized spacial score (nSPS) is 10.0. The SMILES string of the molecule is O=C(CBr)Cc1ccc(O)c(Br)c1. The summed E-state index contributed by atoms with van der Waals surface area (Å²) in [7, 11) is 0. The molecule has 0 aromatic heterocycles. The highest BCUT2D eigenvalue weighted by molar-refractivity contribution is 9.10. The van der Waals surface area contributed by atoms with Crippen molar-refractivity contribution in [2.24, 2.45) is 0 Å². The fourth-order valence-corrected chi connectivity index (χ4v) is 1.56. The number of phenols is 1. The number of carbonyl (C=O) groups is 1. The highest BCUT2D eigenvalue weighted by atomic mass is 79.9. The molecule has 0 atom stereocenters. The van der Waals surface area contributed by atoms with E-state index in [1.54, 1.807) is 18.2 Å². The van der Waals surface area contributed by atoms with Crippen LogP contribution in [0.25, 0.3) is 0 Å². The minimum absolute atomic E-state index is 0.123. The van der Waals surface area contributed by atoms with E-state index in [1.807, 2.05) is 0 Å². The summed E-state index contributed by atoms with van der Waals surface area (Å²) in [4.78, 5) is 11.1. The van der Waals surface area contributed by atoms with Crippen LogP contribution in [0.15, 0.2) is 22.7 Å². The van der Waals surface area contributed by atoms with Crippen molar-refractivity contribution in [2.75, 3.05) is 5.33 Å². The molecule has 0 amide bonds. The molecule has 0 fully saturated rings. The highest BCUT2D eigenvalue weighted by Crippen LogP contribution is 2.24. The Morgan fingerprint density at radius 2 is 2.15 bits per heavy atom. The summed E-state index contributed by atoms with van der Waals surface area (Å²) < 4.78 is 0.618. The lowest BCUT2D eigenvalue weighted by Gasteiger charge is -2.01. The molecule has 0 saturated carbocycles. The summed E-state index contributed by atoms with van der Waals surface area (Å²) in [5.41, 5.74) is 0.897. The molecule has 0 aliphatic rings. The predicted molar refractivity (Wildman–Crippen MR) is 58.3 cm³/mol. The Balaban J connectivity index is 2.79. The van der Waals surface area contributed by atoms with Gasteiger partial charge in [-0.05, 0) is 33.6 Å². The number of hydrogen-bond donors (Lipinski definition) is 1. The molecule has 70 valence electrons. The molecular weight excluding hydrogens is 300 g/mol. The van der Waals surface area contributed by atoms with Crippen molar-refractivity contribution in [3.05, 3.63) is 28.2 Å². The van der Waals surface area contributed by atoms with Gasteiger partial charge in [0.2, 0.25) is 0 Å². The third-order valence-electron chi connectivity index (χ3n) is 1.56. The van der Waals surface area contributed by atoms with Gasteiger partial charge in [0.1, 0.15) is 11.5 Å². The Morgan fingerprint density at radius 3 is 2.69 bits per heavy atom. The number of Topliss-reactive ketones (excluding diaryl/α,β-unsaturated/α-hetero) is 1. The van der Waals surface area contributed by atoms with Gasteiger partial charge in [-0.15, -0.1) is 0 Å². The molecule has 1 rings (SSSR count). The summed E-state index contributed by atoms with van der Waals surface area (Å²) in [6.07, 6.45) is 0.393. The second kappa shape index (κ2) is 4.77. The summed E-state index contributed by atoms with van der Waals surface area (Å²) >= 11 is 6.28. The van der Waals surface area contributed by atoms with E-state index >= 15 is 0 Å². The molecule has 13 heavy (non-hydrogen) atoms. The molecule has 4 heteroatoms. The maximum absolute atomic E-state index is 11.1. The fourth-order valence-electron chi connectivity index (χ4n) is 0.935. The lowest BCUT2D eigenvalue weighted by molar-refractivity contribution is -0.115. The minimum atomic E-state index is 0.123. The van der Waals surface area contributed by atoms with Gasteiger partial charge in [-0.2, -0.15) is 0 Å². The zero-order valence-electron chi connectivity index (χ0n) is 6.76. The molecule has 2 nitrogen and oxygen atoms in total. The van der Waals surface area contributed by atoms with Gasteiger partial charge >= 0.3 is 0 Å². The van der Waals surface area contributed by atoms with Crippen molar-refractivity contribution >= 4 is 37.6 Å². The predicted octanol–water partition coefficient (Wildman–Crippen LogP) is 2.66. The van der Waals surface area contributed by atoms with E-state index in [0.717, 1.165) is 5.56 Å². The zero-order chi connectivity index (χ0) is 9.84. The molecule has 0 unspecified atom stereocenters. The number of ketones is 1. The number of hydrogen-bond acceptors (Lipinski definition) is 2. The third-order valence-corrected chi connectivity index (χ3v) is 2.82. The molecule has 0 aliphatic carbocycles. The lowest BCUT2D eigenvalue weighted by Crippen LogP contribution is -2.02. The van der Waals surface area contributed by atoms with Crippen LogP contribution in [-0.2, 0) is 11.2 Å². The molecule has 1 aromatic carbocycles. The van der Waals surface area contributed by atoms with Gasteiger partial charge in [0.25, 0.3) is 0 Å². The van der Waals surface area contributed by atoms with E-state index in [0.29, 0.717) is 16.2 Å². The molecule has 1 aromatic rings. The Hall–Kier alpha value is -0.350. The van der Waals surface area contributed by atoms with E-state index in [2.05, 4.69) is 31.9 Å². The van der Waals surface area contributed by atoms with Crippen molar-refractivity contribution < 1.29 is 9.90 Å². The third kappa shape index (κ3) is 3.12. The van der Waals surface area contributed by atoms with Crippen LogP contribution in [-0.4, -0.2) is 16.2 Å². The first-order valence-electron chi connectivity index (χ1n) is 3.68. The van der Waals surface area contributed by atoms with Crippen LogP contribution in [0.5, 0.6) is 5.75 Å². The van der Waals surface area contributed by atoms with Gasteiger partial charge in [-0.3, -0.25) is 4.79 Å². The Morgan fingerprint density at radius 1 is 1.46 bits per heavy atom. The monoisotopic (exact) mass is 306 g/mol. The Bertz CT molecular complexity index is 323. The van der Waals surface area contributed by atoms with Gasteiger partial charge in [0.05, 0.1) is 9.80 Å². The van der Waals surface area contributed by atoms with Crippen LogP contribution in [0, 0.1) is 0 Å². The van der Waals surface area contributed by atoms with Crippen molar-refractivity contribution in [2.45, 2.75) is 6.42 Å². The first-order chi connectivity index (χ1) is 6.13. The van der Waals surface area contributed by atoms with Crippen LogP contribution in [0.3, 0.4) is 0 Å². The van der Waals surface area contributed by atoms with Crippen LogP contribution >= 0.6 is 31.9 Å². The molecule has 0 heterocycles. The van der Waals surface area contributed by atoms with Gasteiger partial charge in [-0.1, -0.05) is 22.0 Å². The number of benzene rings is 1. The average Bonchev–Trinajstić information content (AvgIpc) is 2.11. The van der Waals surface area contributed by atoms with Crippen LogP contribution in [0.1, 0.15) is 5.56 Å². The van der Waals surface area contributed by atoms with Crippen molar-refractivity contribution in [1.82, 2.24) is 0 Å². The maximum atomic E-state index is 11.1. The standard InChI is InChI=1S/C9H8Br2O2/c10-5-7(12)3-6-1-2-9(13)8(11)4-6/h1-2,4,13H,3,5H2. The second-order valence-electron chi connectivity index (χ2n) is 2.63. The van der Waals surface area contributed by atoms with Gasteiger partial charge in [0.15, 0.2) is 0 Å². The molecular formula is C9H8Br2O2. The molecule has 0 aliphatic heterocycles. The summed E-state index contributed by atoms with van der Waals surface area (Å²) in [6.45, 7) is 0. The van der Waals surface area contributed by atoms with Crippen molar-refractivity contribution in [1.29, 1.82) is 0 Å². The van der Waals surface area contributed by atoms with Gasteiger partial charge in [-0.25, -0.2) is 0 Å². The number of phenolic OH excluding ortho intramolecular Hbond substituents is 1. The van der Waals surface area contributed by atoms with E-state index in [-0.39, 0.29) is 11.5 Å². The Labute approximate surface area is 93.2 Å². The van der Waals surface area contributed by atoms with Gasteiger partial charge < -0.3 is 5.11 Å². The molecule has 0 bridgehead atoms. The first kappa shape index (κ1) is 10.7. The summed E-state index contributed by atoms with van der Waals surface area (Å²) in [5, 5.41) is 9.56. The largest absolute Gasteiger partial charge is 0.507 e. The number of aromatic hydroxyl groups is 1. The summed E-state index contributed by atoms with van der Waals surface area (Å²) in [5.74, 6) is 0.313. The van der Waals surface area contributed by atoms with E-state index in [1.165, 1.54) is 0 Å². The minimum Gasteiger partial charge on any atom is -0.507 e. The number of carbonyl (C=O) groups excluding carboxylic acids is 1. The van der Waals surface area contributed by atoms with E-state index in [4.69, 9.17) is 0 Å². The van der Waals surface area contributed by atoms with Crippen LogP contribution in [0.4, 0.5) is 0 Å². The molecule has 1 N–H and O–H groups in total. The Kier molecular flexibility index (Phi) is 3.93. The highest BCUT2D eigenvalue weighted by Gasteiger charge is 2.03. The maximum Gasteiger partial charge on any atom is 0.147 e. The van der Waals surface area contributed by atoms with E-state index < -0.39 is 0 Å². The zero-order valence-corrected chi connectivity index (χ0v) is 9.93.